The fraction of sp³-hybridized carbons (Fsp3) is 0.538. The summed E-state index contributed by atoms with van der Waals surface area (Å²) in [6.45, 7) is 4.27. The van der Waals surface area contributed by atoms with Crippen LogP contribution in [0.5, 0.6) is 0 Å². The molecule has 0 bridgehead atoms. The Bertz CT molecular complexity index is 420. The van der Waals surface area contributed by atoms with E-state index < -0.39 is 11.6 Å². The van der Waals surface area contributed by atoms with E-state index >= 15 is 0 Å². The molecular weight excluding hydrogens is 240 g/mol. The Balaban J connectivity index is 2.47. The number of fused-ring (bicyclic) bond motifs is 1. The predicted octanol–water partition coefficient (Wildman–Crippen LogP) is 3.50. The van der Waals surface area contributed by atoms with Crippen LogP contribution in [0.2, 0.25) is 0 Å². The van der Waals surface area contributed by atoms with Crippen LogP contribution in [0.4, 0.5) is 8.78 Å². The van der Waals surface area contributed by atoms with Gasteiger partial charge in [-0.3, -0.25) is 0 Å². The van der Waals surface area contributed by atoms with Crippen LogP contribution >= 0.6 is 11.8 Å². The maximum atomic E-state index is 13.9. The third-order valence-corrected chi connectivity index (χ3v) is 4.90. The van der Waals surface area contributed by atoms with Gasteiger partial charge in [0.25, 0.3) is 0 Å². The number of nitrogens with one attached hydrogen (secondary N) is 1. The molecule has 0 saturated carbocycles. The first-order valence-corrected chi connectivity index (χ1v) is 6.86. The smallest absolute Gasteiger partial charge is 0.131 e. The summed E-state index contributed by atoms with van der Waals surface area (Å²) in [5, 5.41) is 3.49. The summed E-state index contributed by atoms with van der Waals surface area (Å²) in [6, 6.07) is 2.40. The molecule has 0 aromatic heterocycles. The lowest BCUT2D eigenvalue weighted by Crippen LogP contribution is -2.35. The maximum absolute atomic E-state index is 13.9. The molecule has 2 atom stereocenters. The van der Waals surface area contributed by atoms with Gasteiger partial charge in [-0.25, -0.2) is 8.78 Å². The van der Waals surface area contributed by atoms with Crippen LogP contribution in [0, 0.1) is 17.6 Å². The van der Waals surface area contributed by atoms with E-state index in [1.165, 1.54) is 6.07 Å². The van der Waals surface area contributed by atoms with Crippen molar-refractivity contribution < 1.29 is 8.78 Å². The Morgan fingerprint density at radius 1 is 1.35 bits per heavy atom. The molecule has 1 aliphatic heterocycles. The Hall–Kier alpha value is -0.610. The minimum absolute atomic E-state index is 0.0376. The molecule has 0 amide bonds. The van der Waals surface area contributed by atoms with Gasteiger partial charge in [0, 0.05) is 28.7 Å². The number of rotatable bonds is 2. The molecular formula is C13H17F2NS. The van der Waals surface area contributed by atoms with E-state index in [1.807, 2.05) is 7.05 Å². The van der Waals surface area contributed by atoms with Crippen LogP contribution in [-0.4, -0.2) is 12.3 Å². The predicted molar refractivity (Wildman–Crippen MR) is 68.1 cm³/mol. The molecule has 1 nitrogen and oxygen atoms in total. The van der Waals surface area contributed by atoms with E-state index in [0.29, 0.717) is 22.5 Å². The van der Waals surface area contributed by atoms with Gasteiger partial charge >= 0.3 is 0 Å². The van der Waals surface area contributed by atoms with E-state index in [1.54, 1.807) is 11.8 Å². The van der Waals surface area contributed by atoms with E-state index in [2.05, 4.69) is 19.2 Å². The Labute approximate surface area is 105 Å². The first-order chi connectivity index (χ1) is 8.04. The van der Waals surface area contributed by atoms with Gasteiger partial charge in [-0.2, -0.15) is 11.8 Å². The van der Waals surface area contributed by atoms with Gasteiger partial charge in [0.2, 0.25) is 0 Å². The highest BCUT2D eigenvalue weighted by molar-refractivity contribution is 7.99. The molecule has 94 valence electrons. The fourth-order valence-corrected chi connectivity index (χ4v) is 3.90. The zero-order valence-electron chi connectivity index (χ0n) is 10.3. The lowest BCUT2D eigenvalue weighted by Gasteiger charge is -2.35. The van der Waals surface area contributed by atoms with Crippen molar-refractivity contribution in [3.63, 3.8) is 0 Å². The largest absolute Gasteiger partial charge is 0.312 e. The molecule has 1 aromatic rings. The average molecular weight is 257 g/mol. The zero-order chi connectivity index (χ0) is 12.6. The molecule has 0 radical (unpaired) electrons. The summed E-state index contributed by atoms with van der Waals surface area (Å²) in [7, 11) is 1.83. The first kappa shape index (κ1) is 12.8. The summed E-state index contributed by atoms with van der Waals surface area (Å²) >= 11 is 1.77. The number of benzene rings is 1. The topological polar surface area (TPSA) is 12.0 Å². The average Bonchev–Trinajstić information content (AvgIpc) is 2.26. The van der Waals surface area contributed by atoms with Gasteiger partial charge < -0.3 is 5.32 Å². The monoisotopic (exact) mass is 257 g/mol. The van der Waals surface area contributed by atoms with Gasteiger partial charge in [0.15, 0.2) is 0 Å². The Kier molecular flexibility index (Phi) is 3.73. The molecule has 0 fully saturated rings. The van der Waals surface area contributed by atoms with Crippen LogP contribution in [0.25, 0.3) is 0 Å². The Morgan fingerprint density at radius 2 is 2.06 bits per heavy atom. The van der Waals surface area contributed by atoms with Gasteiger partial charge in [-0.05, 0) is 24.6 Å². The quantitative estimate of drug-likeness (QED) is 0.870. The summed E-state index contributed by atoms with van der Waals surface area (Å²) in [6.07, 6.45) is 0. The summed E-state index contributed by atoms with van der Waals surface area (Å²) in [5.74, 6) is 0.227. The normalized spacial score (nSPS) is 23.9. The van der Waals surface area contributed by atoms with E-state index in [-0.39, 0.29) is 6.04 Å². The summed E-state index contributed by atoms with van der Waals surface area (Å²) < 4.78 is 27.1. The van der Waals surface area contributed by atoms with Crippen molar-refractivity contribution in [1.29, 1.82) is 0 Å². The molecule has 0 aliphatic carbocycles. The molecule has 1 N–H and O–H groups in total. The number of halogens is 2. The second kappa shape index (κ2) is 4.94. The van der Waals surface area contributed by atoms with Crippen LogP contribution in [0.3, 0.4) is 0 Å². The molecule has 17 heavy (non-hydrogen) atoms. The number of hydrogen-bond donors (Lipinski definition) is 1. The molecule has 0 saturated heterocycles. The van der Waals surface area contributed by atoms with Crippen molar-refractivity contribution in [2.45, 2.75) is 30.9 Å². The minimum Gasteiger partial charge on any atom is -0.312 e. The molecule has 2 rings (SSSR count). The van der Waals surface area contributed by atoms with Gasteiger partial charge in [-0.1, -0.05) is 13.8 Å². The zero-order valence-corrected chi connectivity index (χ0v) is 11.1. The first-order valence-electron chi connectivity index (χ1n) is 5.81. The number of hydrogen-bond acceptors (Lipinski definition) is 2. The molecule has 1 aliphatic rings. The maximum Gasteiger partial charge on any atom is 0.131 e. The van der Waals surface area contributed by atoms with E-state index in [0.717, 1.165) is 11.6 Å². The van der Waals surface area contributed by atoms with Crippen molar-refractivity contribution in [1.82, 2.24) is 5.32 Å². The highest BCUT2D eigenvalue weighted by Crippen LogP contribution is 2.42. The molecule has 2 unspecified atom stereocenters. The van der Waals surface area contributed by atoms with Gasteiger partial charge in [0.05, 0.1) is 0 Å². The van der Waals surface area contributed by atoms with Gasteiger partial charge in [0.1, 0.15) is 11.6 Å². The summed E-state index contributed by atoms with van der Waals surface area (Å²) in [4.78, 5) is 0. The highest BCUT2D eigenvalue weighted by Gasteiger charge is 2.33. The third-order valence-electron chi connectivity index (χ3n) is 3.22. The van der Waals surface area contributed by atoms with Crippen molar-refractivity contribution in [2.24, 2.45) is 5.92 Å². The van der Waals surface area contributed by atoms with Crippen molar-refractivity contribution >= 4 is 11.8 Å². The second-order valence-corrected chi connectivity index (χ2v) is 5.91. The lowest BCUT2D eigenvalue weighted by atomic mass is 9.92. The summed E-state index contributed by atoms with van der Waals surface area (Å²) in [5.41, 5.74) is 1.43. The SMILES string of the molecule is CNC1c2c(F)cc(F)cc2CSC1C(C)C. The van der Waals surface area contributed by atoms with Crippen molar-refractivity contribution in [2.75, 3.05) is 7.05 Å². The minimum atomic E-state index is -0.486. The van der Waals surface area contributed by atoms with Crippen molar-refractivity contribution in [3.05, 3.63) is 34.9 Å². The van der Waals surface area contributed by atoms with Crippen LogP contribution < -0.4 is 5.32 Å². The van der Waals surface area contributed by atoms with Gasteiger partial charge in [-0.15, -0.1) is 0 Å². The third kappa shape index (κ3) is 2.33. The standard InChI is InChI=1S/C13H17F2NS/c1-7(2)13-12(16-3)11-8(6-17-13)4-9(14)5-10(11)15/h4-5,7,12-13,16H,6H2,1-3H3. The highest BCUT2D eigenvalue weighted by atomic mass is 32.2. The fourth-order valence-electron chi connectivity index (χ4n) is 2.44. The molecule has 1 aromatic carbocycles. The Morgan fingerprint density at radius 3 is 2.65 bits per heavy atom. The van der Waals surface area contributed by atoms with Crippen LogP contribution in [0.1, 0.15) is 31.0 Å². The van der Waals surface area contributed by atoms with Crippen LogP contribution in [0.15, 0.2) is 12.1 Å². The van der Waals surface area contributed by atoms with Crippen LogP contribution in [-0.2, 0) is 5.75 Å². The van der Waals surface area contributed by atoms with Crippen molar-refractivity contribution in [3.8, 4) is 0 Å². The lowest BCUT2D eigenvalue weighted by molar-refractivity contribution is 0.444. The molecule has 0 spiro atoms. The molecule has 4 heteroatoms. The van der Waals surface area contributed by atoms with E-state index in [4.69, 9.17) is 0 Å². The van der Waals surface area contributed by atoms with E-state index in [9.17, 15) is 8.78 Å². The number of thioether (sulfide) groups is 1. The molecule has 1 heterocycles. The second-order valence-electron chi connectivity index (χ2n) is 4.75.